The lowest BCUT2D eigenvalue weighted by Gasteiger charge is -2.13. The summed E-state index contributed by atoms with van der Waals surface area (Å²) in [6.07, 6.45) is 0. The number of amides is 2. The number of aromatic amines is 1. The fraction of sp³-hybridized carbons (Fsp3) is 0.263. The number of nitrogens with one attached hydrogen (secondary N) is 3. The predicted octanol–water partition coefficient (Wildman–Crippen LogP) is 2.39. The lowest BCUT2D eigenvalue weighted by atomic mass is 10.2. The molecule has 0 aliphatic rings. The van der Waals surface area contributed by atoms with Crippen LogP contribution in [0.3, 0.4) is 0 Å². The van der Waals surface area contributed by atoms with Gasteiger partial charge in [0.2, 0.25) is 0 Å². The molecule has 0 unspecified atom stereocenters. The van der Waals surface area contributed by atoms with Gasteiger partial charge < -0.3 is 10.1 Å². The minimum absolute atomic E-state index is 0.0599. The van der Waals surface area contributed by atoms with Gasteiger partial charge >= 0.3 is 0 Å². The molecule has 1 aromatic carbocycles. The molecule has 152 valence electrons. The maximum absolute atomic E-state index is 12.3. The van der Waals surface area contributed by atoms with Gasteiger partial charge in [0.15, 0.2) is 0 Å². The van der Waals surface area contributed by atoms with E-state index in [2.05, 4.69) is 20.8 Å². The summed E-state index contributed by atoms with van der Waals surface area (Å²) in [4.78, 5) is 45.5. The Hall–Kier alpha value is -2.85. The molecule has 3 rings (SSSR count). The largest absolute Gasteiger partial charge is 0.507 e. The molecule has 0 saturated carbocycles. The van der Waals surface area contributed by atoms with Gasteiger partial charge in [0.05, 0.1) is 22.0 Å². The number of aromatic hydroxyl groups is 1. The Balaban J connectivity index is 1.58. The van der Waals surface area contributed by atoms with Gasteiger partial charge in [-0.15, -0.1) is 23.1 Å². The van der Waals surface area contributed by atoms with Gasteiger partial charge in [0, 0.05) is 4.88 Å². The third-order valence-electron chi connectivity index (χ3n) is 4.38. The van der Waals surface area contributed by atoms with E-state index < -0.39 is 17.1 Å². The van der Waals surface area contributed by atoms with Gasteiger partial charge in [-0.2, -0.15) is 0 Å². The number of thioether (sulfide) groups is 1. The molecule has 0 fully saturated rings. The molecule has 0 saturated heterocycles. The Kier molecular flexibility index (Phi) is 6.23. The highest BCUT2D eigenvalue weighted by Crippen LogP contribution is 2.26. The van der Waals surface area contributed by atoms with Crippen LogP contribution in [0.25, 0.3) is 10.2 Å². The number of carbonyl (C=O) groups excluding carboxylic acids is 2. The lowest BCUT2D eigenvalue weighted by Crippen LogP contribution is -2.45. The molecule has 0 aliphatic carbocycles. The van der Waals surface area contributed by atoms with Gasteiger partial charge in [0.1, 0.15) is 16.4 Å². The number of thiophene rings is 1. The number of H-pyrrole nitrogens is 1. The summed E-state index contributed by atoms with van der Waals surface area (Å²) in [5, 5.41) is 9.77. The van der Waals surface area contributed by atoms with E-state index in [1.807, 2.05) is 13.8 Å². The van der Waals surface area contributed by atoms with Crippen LogP contribution in [0.15, 0.2) is 29.1 Å². The monoisotopic (exact) mass is 432 g/mol. The maximum atomic E-state index is 12.3. The topological polar surface area (TPSA) is 124 Å². The number of phenols is 1. The summed E-state index contributed by atoms with van der Waals surface area (Å²) in [6, 6.07) is 6.03. The van der Waals surface area contributed by atoms with Gasteiger partial charge in [-0.3, -0.25) is 25.2 Å². The molecule has 0 bridgehead atoms. The van der Waals surface area contributed by atoms with E-state index in [9.17, 15) is 19.5 Å². The van der Waals surface area contributed by atoms with Gasteiger partial charge in [-0.25, -0.2) is 4.98 Å². The molecule has 0 aliphatic heterocycles. The van der Waals surface area contributed by atoms with Crippen molar-refractivity contribution in [3.8, 4) is 5.75 Å². The molecular weight excluding hydrogens is 412 g/mol. The van der Waals surface area contributed by atoms with Crippen molar-refractivity contribution < 1.29 is 14.7 Å². The lowest BCUT2D eigenvalue weighted by molar-refractivity contribution is -0.121. The molecule has 1 atom stereocenters. The Morgan fingerprint density at radius 1 is 1.28 bits per heavy atom. The van der Waals surface area contributed by atoms with E-state index in [4.69, 9.17) is 0 Å². The number of aryl methyl sites for hydroxylation is 2. The number of para-hydroxylation sites is 1. The number of hydrogen-bond acceptors (Lipinski definition) is 7. The summed E-state index contributed by atoms with van der Waals surface area (Å²) in [5.74, 6) is -0.375. The highest BCUT2D eigenvalue weighted by molar-refractivity contribution is 7.99. The zero-order chi connectivity index (χ0) is 21.1. The molecular formula is C19H20N4O4S2. The molecule has 2 heterocycles. The minimum atomic E-state index is -0.617. The standard InChI is InChI=1S/C19H20N4O4S2/c1-9-10(2)29-19-15(9)18(27)20-14(21-19)8-28-11(3)16(25)22-23-17(26)12-6-4-5-7-13(12)24/h4-7,11,24H,8H2,1-3H3,(H,22,25)(H,23,26)(H,20,21,27)/t11-/m0/s1. The fourth-order valence-electron chi connectivity index (χ4n) is 2.60. The van der Waals surface area contributed by atoms with Crippen molar-refractivity contribution in [2.24, 2.45) is 0 Å². The summed E-state index contributed by atoms with van der Waals surface area (Å²) >= 11 is 2.75. The van der Waals surface area contributed by atoms with Crippen LogP contribution in [0.4, 0.5) is 0 Å². The van der Waals surface area contributed by atoms with Crippen LogP contribution in [0, 0.1) is 13.8 Å². The van der Waals surface area contributed by atoms with Gasteiger partial charge in [-0.1, -0.05) is 12.1 Å². The number of phenolic OH excluding ortho intramolecular Hbond substituents is 1. The molecule has 0 radical (unpaired) electrons. The van der Waals surface area contributed by atoms with Gasteiger partial charge in [0.25, 0.3) is 17.4 Å². The van der Waals surface area contributed by atoms with E-state index in [0.717, 1.165) is 10.4 Å². The van der Waals surface area contributed by atoms with Crippen LogP contribution >= 0.6 is 23.1 Å². The average Bonchev–Trinajstić information content (AvgIpc) is 2.98. The van der Waals surface area contributed by atoms with Crippen LogP contribution in [-0.2, 0) is 10.5 Å². The third kappa shape index (κ3) is 4.60. The first-order valence-corrected chi connectivity index (χ1v) is 10.6. The highest BCUT2D eigenvalue weighted by atomic mass is 32.2. The van der Waals surface area contributed by atoms with Crippen molar-refractivity contribution in [2.45, 2.75) is 31.8 Å². The second kappa shape index (κ2) is 8.66. The molecule has 10 heteroatoms. The Bertz CT molecular complexity index is 1140. The number of aromatic nitrogens is 2. The summed E-state index contributed by atoms with van der Waals surface area (Å²) in [6.45, 7) is 5.53. The quantitative estimate of drug-likeness (QED) is 0.459. The molecule has 2 amide bonds. The first-order chi connectivity index (χ1) is 13.8. The van der Waals surface area contributed by atoms with Crippen molar-refractivity contribution in [1.82, 2.24) is 20.8 Å². The first-order valence-electron chi connectivity index (χ1n) is 8.76. The number of carbonyl (C=O) groups is 2. The number of hydrazine groups is 1. The molecule has 8 nitrogen and oxygen atoms in total. The SMILES string of the molecule is Cc1sc2nc(CS[C@@H](C)C(=O)NNC(=O)c3ccccc3O)[nH]c(=O)c2c1C. The number of rotatable bonds is 5. The molecule has 2 aromatic heterocycles. The van der Waals surface area contributed by atoms with Crippen molar-refractivity contribution >= 4 is 45.1 Å². The van der Waals surface area contributed by atoms with Crippen molar-refractivity contribution in [3.63, 3.8) is 0 Å². The highest BCUT2D eigenvalue weighted by Gasteiger charge is 2.17. The van der Waals surface area contributed by atoms with Crippen molar-refractivity contribution in [2.75, 3.05) is 0 Å². The van der Waals surface area contributed by atoms with E-state index >= 15 is 0 Å². The van der Waals surface area contributed by atoms with E-state index in [1.165, 1.54) is 35.2 Å². The smallest absolute Gasteiger partial charge is 0.273 e. The fourth-order valence-corrected chi connectivity index (χ4v) is 4.40. The average molecular weight is 433 g/mol. The van der Waals surface area contributed by atoms with Crippen LogP contribution in [-0.4, -0.2) is 32.1 Å². The zero-order valence-electron chi connectivity index (χ0n) is 16.0. The second-order valence-corrected chi connectivity index (χ2v) is 8.92. The summed E-state index contributed by atoms with van der Waals surface area (Å²) < 4.78 is 0. The minimum Gasteiger partial charge on any atom is -0.507 e. The Labute approximate surface area is 174 Å². The number of benzene rings is 1. The van der Waals surface area contributed by atoms with E-state index in [1.54, 1.807) is 19.1 Å². The summed E-state index contributed by atoms with van der Waals surface area (Å²) in [5.41, 5.74) is 5.43. The number of fused-ring (bicyclic) bond motifs is 1. The van der Waals surface area contributed by atoms with Crippen LogP contribution < -0.4 is 16.4 Å². The number of hydrogen-bond donors (Lipinski definition) is 4. The molecule has 29 heavy (non-hydrogen) atoms. The second-order valence-electron chi connectivity index (χ2n) is 6.39. The molecule has 3 aromatic rings. The van der Waals surface area contributed by atoms with Gasteiger partial charge in [-0.05, 0) is 38.5 Å². The third-order valence-corrected chi connectivity index (χ3v) is 6.63. The van der Waals surface area contributed by atoms with E-state index in [-0.39, 0.29) is 16.9 Å². The zero-order valence-corrected chi connectivity index (χ0v) is 17.7. The van der Waals surface area contributed by atoms with Crippen LogP contribution in [0.2, 0.25) is 0 Å². The van der Waals surface area contributed by atoms with Crippen LogP contribution in [0.5, 0.6) is 5.75 Å². The normalized spacial score (nSPS) is 12.0. The van der Waals surface area contributed by atoms with E-state index in [0.29, 0.717) is 21.8 Å². The molecule has 4 N–H and O–H groups in total. The van der Waals surface area contributed by atoms with Crippen molar-refractivity contribution in [1.29, 1.82) is 0 Å². The molecule has 0 spiro atoms. The Morgan fingerprint density at radius 2 is 2.00 bits per heavy atom. The summed E-state index contributed by atoms with van der Waals surface area (Å²) in [7, 11) is 0. The predicted molar refractivity (Wildman–Crippen MR) is 114 cm³/mol. The van der Waals surface area contributed by atoms with Crippen molar-refractivity contribution in [3.05, 3.63) is 56.4 Å². The first kappa shape index (κ1) is 20.9. The van der Waals surface area contributed by atoms with Crippen LogP contribution in [0.1, 0.15) is 33.5 Å². The Morgan fingerprint density at radius 3 is 2.72 bits per heavy atom. The number of nitrogens with zero attached hydrogens (tertiary/aromatic N) is 1. The maximum Gasteiger partial charge on any atom is 0.273 e.